The van der Waals surface area contributed by atoms with Crippen LogP contribution in [0.25, 0.3) is 6.08 Å². The van der Waals surface area contributed by atoms with Crippen LogP contribution in [-0.4, -0.2) is 32.4 Å². The predicted octanol–water partition coefficient (Wildman–Crippen LogP) is 3.49. The first kappa shape index (κ1) is 19.2. The molecule has 0 unspecified atom stereocenters. The van der Waals surface area contributed by atoms with Crippen LogP contribution < -0.4 is 10.2 Å². The highest BCUT2D eigenvalue weighted by molar-refractivity contribution is 6.05. The second kappa shape index (κ2) is 7.38. The minimum Gasteiger partial charge on any atom is -0.465 e. The van der Waals surface area contributed by atoms with E-state index in [4.69, 9.17) is 0 Å². The molecule has 2 aromatic rings. The molecule has 138 valence electrons. The lowest BCUT2D eigenvalue weighted by molar-refractivity contribution is -0.111. The lowest BCUT2D eigenvalue weighted by atomic mass is 10.0. The maximum atomic E-state index is 13.7. The third-order valence-corrected chi connectivity index (χ3v) is 3.47. The van der Waals surface area contributed by atoms with Gasteiger partial charge in [-0.15, -0.1) is 0 Å². The molecule has 7 nitrogen and oxygen atoms in total. The van der Waals surface area contributed by atoms with Gasteiger partial charge < -0.3 is 10.4 Å². The number of aromatic nitrogens is 2. The van der Waals surface area contributed by atoms with Gasteiger partial charge in [-0.25, -0.2) is 9.18 Å². The quantitative estimate of drug-likeness (QED) is 0.817. The Morgan fingerprint density at radius 2 is 2.04 bits per heavy atom. The molecule has 0 bridgehead atoms. The summed E-state index contributed by atoms with van der Waals surface area (Å²) in [5.74, 6) is -1.07. The fourth-order valence-corrected chi connectivity index (χ4v) is 2.42. The molecule has 2 N–H and O–H groups in total. The number of hydrogen-bond acceptors (Lipinski definition) is 3. The van der Waals surface area contributed by atoms with E-state index in [2.05, 4.69) is 10.4 Å². The van der Waals surface area contributed by atoms with Gasteiger partial charge >= 0.3 is 6.09 Å². The Morgan fingerprint density at radius 1 is 1.35 bits per heavy atom. The number of rotatable bonds is 4. The van der Waals surface area contributed by atoms with E-state index in [9.17, 15) is 19.1 Å². The van der Waals surface area contributed by atoms with Gasteiger partial charge in [0.25, 0.3) is 0 Å². The summed E-state index contributed by atoms with van der Waals surface area (Å²) in [5.41, 5.74) is 0.173. The number of carboxylic acid groups (broad SMARTS) is 1. The van der Waals surface area contributed by atoms with Gasteiger partial charge in [0, 0.05) is 30.4 Å². The van der Waals surface area contributed by atoms with Crippen molar-refractivity contribution in [2.75, 3.05) is 10.2 Å². The average molecular weight is 360 g/mol. The van der Waals surface area contributed by atoms with E-state index in [1.54, 1.807) is 51.0 Å². The number of halogens is 1. The van der Waals surface area contributed by atoms with Crippen LogP contribution in [0.5, 0.6) is 0 Å². The highest BCUT2D eigenvalue weighted by Crippen LogP contribution is 2.32. The summed E-state index contributed by atoms with van der Waals surface area (Å²) in [7, 11) is 1.76. The van der Waals surface area contributed by atoms with Gasteiger partial charge in [-0.2, -0.15) is 5.10 Å². The fourth-order valence-electron chi connectivity index (χ4n) is 2.42. The van der Waals surface area contributed by atoms with Crippen LogP contribution in [0.2, 0.25) is 0 Å². The molecule has 1 aromatic carbocycles. The Bertz CT molecular complexity index is 852. The molecule has 2 amide bonds. The molecule has 1 aromatic heterocycles. The van der Waals surface area contributed by atoms with Crippen molar-refractivity contribution < 1.29 is 19.1 Å². The summed E-state index contributed by atoms with van der Waals surface area (Å²) in [6.45, 7) is 5.04. The van der Waals surface area contributed by atoms with E-state index >= 15 is 0 Å². The van der Waals surface area contributed by atoms with Crippen LogP contribution in [-0.2, 0) is 11.8 Å². The Hall–Kier alpha value is -3.16. The van der Waals surface area contributed by atoms with Gasteiger partial charge in [-0.05, 0) is 45.0 Å². The smallest absolute Gasteiger partial charge is 0.412 e. The van der Waals surface area contributed by atoms with Gasteiger partial charge in [0.1, 0.15) is 5.82 Å². The second-order valence-corrected chi connectivity index (χ2v) is 6.72. The van der Waals surface area contributed by atoms with Crippen molar-refractivity contribution in [2.45, 2.75) is 26.3 Å². The van der Waals surface area contributed by atoms with Crippen LogP contribution in [0, 0.1) is 5.82 Å². The van der Waals surface area contributed by atoms with E-state index < -0.39 is 23.4 Å². The molecule has 0 aliphatic rings. The van der Waals surface area contributed by atoms with Crippen LogP contribution in [0.15, 0.2) is 36.7 Å². The van der Waals surface area contributed by atoms with Crippen molar-refractivity contribution in [3.05, 3.63) is 48.0 Å². The predicted molar refractivity (Wildman–Crippen MR) is 97.5 cm³/mol. The van der Waals surface area contributed by atoms with Gasteiger partial charge in [0.05, 0.1) is 17.6 Å². The van der Waals surface area contributed by atoms with Crippen LogP contribution in [0.1, 0.15) is 26.3 Å². The SMILES string of the molecule is Cn1cc(/C=C/C(=O)Nc2ccc(F)cc2N(C(=O)O)C(C)(C)C)cn1. The number of nitrogens with zero attached hydrogens (tertiary/aromatic N) is 3. The van der Waals surface area contributed by atoms with E-state index in [0.29, 0.717) is 0 Å². The monoisotopic (exact) mass is 360 g/mol. The maximum absolute atomic E-state index is 13.7. The summed E-state index contributed by atoms with van der Waals surface area (Å²) < 4.78 is 15.3. The molecule has 1 heterocycles. The van der Waals surface area contributed by atoms with E-state index in [-0.39, 0.29) is 11.4 Å². The molecule has 0 saturated carbocycles. The van der Waals surface area contributed by atoms with E-state index in [1.165, 1.54) is 12.1 Å². The lowest BCUT2D eigenvalue weighted by Crippen LogP contribution is -2.45. The molecule has 0 saturated heterocycles. The number of anilines is 2. The first-order valence-electron chi connectivity index (χ1n) is 7.88. The Kier molecular flexibility index (Phi) is 5.44. The zero-order chi connectivity index (χ0) is 19.5. The molecule has 0 radical (unpaired) electrons. The average Bonchev–Trinajstić information content (AvgIpc) is 2.92. The molecule has 0 atom stereocenters. The van der Waals surface area contributed by atoms with E-state index in [0.717, 1.165) is 22.6 Å². The summed E-state index contributed by atoms with van der Waals surface area (Å²) >= 11 is 0. The van der Waals surface area contributed by atoms with Gasteiger partial charge in [0.2, 0.25) is 5.91 Å². The number of aryl methyl sites for hydroxylation is 1. The largest absolute Gasteiger partial charge is 0.465 e. The Morgan fingerprint density at radius 3 is 2.58 bits per heavy atom. The minimum atomic E-state index is -1.25. The molecule has 0 spiro atoms. The van der Waals surface area contributed by atoms with Crippen molar-refractivity contribution in [3.8, 4) is 0 Å². The number of benzene rings is 1. The van der Waals surface area contributed by atoms with Crippen LogP contribution in [0.3, 0.4) is 0 Å². The molecule has 8 heteroatoms. The molecule has 0 aliphatic carbocycles. The van der Waals surface area contributed by atoms with E-state index in [1.807, 2.05) is 0 Å². The van der Waals surface area contributed by atoms with Gasteiger partial charge in [-0.1, -0.05) is 0 Å². The minimum absolute atomic E-state index is 0.0631. The van der Waals surface area contributed by atoms with Gasteiger partial charge in [-0.3, -0.25) is 14.4 Å². The standard InChI is InChI=1S/C18H21FN4O3/c1-18(2,3)23(17(25)26)15-9-13(19)6-7-14(15)21-16(24)8-5-12-10-20-22(4)11-12/h5-11H,1-4H3,(H,21,24)(H,25,26)/b8-5+. The van der Waals surface area contributed by atoms with Crippen molar-refractivity contribution in [1.29, 1.82) is 0 Å². The maximum Gasteiger partial charge on any atom is 0.412 e. The fraction of sp³-hybridized carbons (Fsp3) is 0.278. The third kappa shape index (κ3) is 4.69. The first-order valence-corrected chi connectivity index (χ1v) is 7.88. The zero-order valence-electron chi connectivity index (χ0n) is 15.0. The zero-order valence-corrected chi connectivity index (χ0v) is 15.0. The molecular weight excluding hydrogens is 339 g/mol. The highest BCUT2D eigenvalue weighted by Gasteiger charge is 2.30. The Labute approximate surface area is 150 Å². The van der Waals surface area contributed by atoms with Crippen LogP contribution in [0.4, 0.5) is 20.6 Å². The summed E-state index contributed by atoms with van der Waals surface area (Å²) in [6, 6.07) is 3.58. The molecular formula is C18H21FN4O3. The van der Waals surface area contributed by atoms with Crippen molar-refractivity contribution in [1.82, 2.24) is 9.78 Å². The summed E-state index contributed by atoms with van der Waals surface area (Å²) in [5, 5.41) is 16.1. The third-order valence-electron chi connectivity index (χ3n) is 3.47. The highest BCUT2D eigenvalue weighted by atomic mass is 19.1. The number of carbonyl (C=O) groups excluding carboxylic acids is 1. The summed E-state index contributed by atoms with van der Waals surface area (Å²) in [6.07, 6.45) is 4.96. The second-order valence-electron chi connectivity index (χ2n) is 6.72. The number of carbonyl (C=O) groups is 2. The molecule has 0 fully saturated rings. The molecule has 26 heavy (non-hydrogen) atoms. The number of amides is 2. The van der Waals surface area contributed by atoms with Crippen LogP contribution >= 0.6 is 0 Å². The van der Waals surface area contributed by atoms with Crippen molar-refractivity contribution >= 4 is 29.5 Å². The molecule has 2 rings (SSSR count). The van der Waals surface area contributed by atoms with Crippen molar-refractivity contribution in [3.63, 3.8) is 0 Å². The van der Waals surface area contributed by atoms with Crippen molar-refractivity contribution in [2.24, 2.45) is 7.05 Å². The molecule has 0 aliphatic heterocycles. The first-order chi connectivity index (χ1) is 12.1. The lowest BCUT2D eigenvalue weighted by Gasteiger charge is -2.34. The number of nitrogens with one attached hydrogen (secondary N) is 1. The van der Waals surface area contributed by atoms with Gasteiger partial charge in [0.15, 0.2) is 0 Å². The topological polar surface area (TPSA) is 87.5 Å². The number of hydrogen-bond donors (Lipinski definition) is 2. The normalized spacial score (nSPS) is 11.6. The Balaban J connectivity index is 2.30. The summed E-state index contributed by atoms with van der Waals surface area (Å²) in [4.78, 5) is 24.9.